The fourth-order valence-electron chi connectivity index (χ4n) is 2.61. The summed E-state index contributed by atoms with van der Waals surface area (Å²) < 4.78 is 5.72. The first-order valence-corrected chi connectivity index (χ1v) is 9.34. The molecule has 0 bridgehead atoms. The van der Waals surface area contributed by atoms with Crippen LogP contribution >= 0.6 is 12.2 Å². The number of ether oxygens (including phenoxy) is 1. The summed E-state index contributed by atoms with van der Waals surface area (Å²) in [6.07, 6.45) is 1.07. The molecule has 0 aromatic heterocycles. The van der Waals surface area contributed by atoms with Gasteiger partial charge in [-0.3, -0.25) is 10.1 Å². The van der Waals surface area contributed by atoms with E-state index in [0.717, 1.165) is 28.6 Å². The van der Waals surface area contributed by atoms with Gasteiger partial charge in [-0.1, -0.05) is 37.3 Å². The van der Waals surface area contributed by atoms with E-state index in [9.17, 15) is 4.79 Å². The van der Waals surface area contributed by atoms with Crippen molar-refractivity contribution in [1.29, 1.82) is 0 Å². The Morgan fingerprint density at radius 3 is 2.44 bits per heavy atom. The second kappa shape index (κ2) is 8.64. The first-order valence-electron chi connectivity index (χ1n) is 8.93. The molecule has 27 heavy (non-hydrogen) atoms. The van der Waals surface area contributed by atoms with Gasteiger partial charge in [0.25, 0.3) is 5.91 Å². The molecule has 0 aliphatic heterocycles. The van der Waals surface area contributed by atoms with Gasteiger partial charge in [0.1, 0.15) is 5.75 Å². The normalized spacial score (nSPS) is 11.6. The van der Waals surface area contributed by atoms with Crippen LogP contribution in [0.2, 0.25) is 0 Å². The minimum Gasteiger partial charge on any atom is -0.491 e. The minimum absolute atomic E-state index is 0.142. The first kappa shape index (κ1) is 18.9. The standard InChI is InChI=1S/C22H22N2O2S/c1-3-15(2)26-20-12-9-17(10-13-20)21(25)24-22(27)23-19-11-8-16-6-4-5-7-18(16)14-19/h4-15H,3H2,1-2H3,(H2,23,24,25,27). The molecule has 0 radical (unpaired) electrons. The molecule has 0 aliphatic rings. The summed E-state index contributed by atoms with van der Waals surface area (Å²) in [7, 11) is 0. The number of hydrogen-bond acceptors (Lipinski definition) is 3. The second-order valence-corrected chi connectivity index (χ2v) is 6.74. The molecule has 0 saturated carbocycles. The van der Waals surface area contributed by atoms with E-state index < -0.39 is 0 Å². The number of fused-ring (bicyclic) bond motifs is 1. The molecule has 0 fully saturated rings. The molecule has 2 N–H and O–H groups in total. The van der Waals surface area contributed by atoms with Crippen LogP contribution in [0.3, 0.4) is 0 Å². The Labute approximate surface area is 164 Å². The Bertz CT molecular complexity index is 954. The number of carbonyl (C=O) groups excluding carboxylic acids is 1. The van der Waals surface area contributed by atoms with Crippen LogP contribution in [0.15, 0.2) is 66.7 Å². The van der Waals surface area contributed by atoms with Crippen LogP contribution in [-0.2, 0) is 0 Å². The van der Waals surface area contributed by atoms with Crippen LogP contribution in [0.25, 0.3) is 10.8 Å². The zero-order valence-electron chi connectivity index (χ0n) is 15.4. The highest BCUT2D eigenvalue weighted by Crippen LogP contribution is 2.19. The largest absolute Gasteiger partial charge is 0.491 e. The smallest absolute Gasteiger partial charge is 0.257 e. The zero-order valence-corrected chi connectivity index (χ0v) is 16.2. The highest BCUT2D eigenvalue weighted by molar-refractivity contribution is 7.80. The van der Waals surface area contributed by atoms with Crippen molar-refractivity contribution in [2.45, 2.75) is 26.4 Å². The topological polar surface area (TPSA) is 50.4 Å². The molecule has 0 saturated heterocycles. The van der Waals surface area contributed by atoms with Crippen LogP contribution in [0.1, 0.15) is 30.6 Å². The average molecular weight is 378 g/mol. The predicted molar refractivity (Wildman–Crippen MR) is 114 cm³/mol. The summed E-state index contributed by atoms with van der Waals surface area (Å²) in [6, 6.07) is 21.0. The zero-order chi connectivity index (χ0) is 19.2. The lowest BCUT2D eigenvalue weighted by Crippen LogP contribution is -2.34. The van der Waals surface area contributed by atoms with E-state index in [1.54, 1.807) is 24.3 Å². The second-order valence-electron chi connectivity index (χ2n) is 6.33. The molecular formula is C22H22N2O2S. The van der Waals surface area contributed by atoms with Crippen molar-refractivity contribution in [3.05, 3.63) is 72.3 Å². The van der Waals surface area contributed by atoms with Crippen LogP contribution in [0.5, 0.6) is 5.75 Å². The van der Waals surface area contributed by atoms with E-state index in [1.165, 1.54) is 0 Å². The minimum atomic E-state index is -0.261. The van der Waals surface area contributed by atoms with E-state index in [1.807, 2.05) is 49.4 Å². The number of thiocarbonyl (C=S) groups is 1. The van der Waals surface area contributed by atoms with Crippen molar-refractivity contribution in [3.63, 3.8) is 0 Å². The number of anilines is 1. The van der Waals surface area contributed by atoms with Crippen molar-refractivity contribution in [2.75, 3.05) is 5.32 Å². The maximum atomic E-state index is 12.4. The number of hydrogen-bond donors (Lipinski definition) is 2. The third-order valence-corrected chi connectivity index (χ3v) is 4.47. The van der Waals surface area contributed by atoms with E-state index in [4.69, 9.17) is 17.0 Å². The van der Waals surface area contributed by atoms with Crippen molar-refractivity contribution in [1.82, 2.24) is 5.32 Å². The highest BCUT2D eigenvalue weighted by Gasteiger charge is 2.09. The molecule has 0 spiro atoms. The fourth-order valence-corrected chi connectivity index (χ4v) is 2.82. The summed E-state index contributed by atoms with van der Waals surface area (Å²) in [6.45, 7) is 4.08. The third kappa shape index (κ3) is 5.05. The molecule has 0 heterocycles. The molecule has 4 nitrogen and oxygen atoms in total. The lowest BCUT2D eigenvalue weighted by Gasteiger charge is -2.13. The van der Waals surface area contributed by atoms with Gasteiger partial charge in [0.15, 0.2) is 5.11 Å². The van der Waals surface area contributed by atoms with Gasteiger partial charge in [-0.05, 0) is 72.7 Å². The lowest BCUT2D eigenvalue weighted by atomic mass is 10.1. The van der Waals surface area contributed by atoms with Gasteiger partial charge in [-0.15, -0.1) is 0 Å². The van der Waals surface area contributed by atoms with Crippen LogP contribution in [0, 0.1) is 0 Å². The average Bonchev–Trinajstić information content (AvgIpc) is 2.68. The van der Waals surface area contributed by atoms with Crippen LogP contribution in [0.4, 0.5) is 5.69 Å². The van der Waals surface area contributed by atoms with Gasteiger partial charge in [-0.2, -0.15) is 0 Å². The number of nitrogens with one attached hydrogen (secondary N) is 2. The number of carbonyl (C=O) groups is 1. The summed E-state index contributed by atoms with van der Waals surface area (Å²) >= 11 is 5.27. The molecule has 3 aromatic rings. The van der Waals surface area contributed by atoms with E-state index in [2.05, 4.69) is 17.6 Å². The maximum Gasteiger partial charge on any atom is 0.257 e. The van der Waals surface area contributed by atoms with Gasteiger partial charge in [-0.25, -0.2) is 0 Å². The maximum absolute atomic E-state index is 12.4. The van der Waals surface area contributed by atoms with Crippen molar-refractivity contribution < 1.29 is 9.53 Å². The summed E-state index contributed by atoms with van der Waals surface area (Å²) in [5.74, 6) is 0.487. The molecule has 5 heteroatoms. The third-order valence-electron chi connectivity index (χ3n) is 4.26. The number of benzene rings is 3. The van der Waals surface area contributed by atoms with Crippen molar-refractivity contribution in [2.24, 2.45) is 0 Å². The monoisotopic (exact) mass is 378 g/mol. The molecule has 3 aromatic carbocycles. The van der Waals surface area contributed by atoms with Gasteiger partial charge in [0.05, 0.1) is 6.10 Å². The van der Waals surface area contributed by atoms with Gasteiger partial charge < -0.3 is 10.1 Å². The first-order chi connectivity index (χ1) is 13.0. The number of amides is 1. The highest BCUT2D eigenvalue weighted by atomic mass is 32.1. The number of rotatable bonds is 5. The Hall–Kier alpha value is -2.92. The molecule has 1 unspecified atom stereocenters. The van der Waals surface area contributed by atoms with Crippen LogP contribution < -0.4 is 15.4 Å². The Morgan fingerprint density at radius 1 is 1.04 bits per heavy atom. The Balaban J connectivity index is 1.60. The van der Waals surface area contributed by atoms with Crippen molar-refractivity contribution >= 4 is 39.7 Å². The van der Waals surface area contributed by atoms with Gasteiger partial charge in [0.2, 0.25) is 0 Å². The van der Waals surface area contributed by atoms with E-state index in [0.29, 0.717) is 5.56 Å². The lowest BCUT2D eigenvalue weighted by molar-refractivity contribution is 0.0977. The molecule has 3 rings (SSSR count). The van der Waals surface area contributed by atoms with Gasteiger partial charge >= 0.3 is 0 Å². The molecule has 1 atom stereocenters. The SMILES string of the molecule is CCC(C)Oc1ccc(C(=O)NC(=S)Nc2ccc3ccccc3c2)cc1. The summed E-state index contributed by atoms with van der Waals surface area (Å²) in [5, 5.41) is 8.27. The van der Waals surface area contributed by atoms with Crippen LogP contribution in [-0.4, -0.2) is 17.1 Å². The molecule has 0 aliphatic carbocycles. The van der Waals surface area contributed by atoms with Crippen molar-refractivity contribution in [3.8, 4) is 5.75 Å². The summed E-state index contributed by atoms with van der Waals surface area (Å²) in [5.41, 5.74) is 1.35. The Morgan fingerprint density at radius 2 is 1.74 bits per heavy atom. The molecule has 1 amide bonds. The molecule has 138 valence electrons. The van der Waals surface area contributed by atoms with Gasteiger partial charge in [0, 0.05) is 11.3 Å². The quantitative estimate of drug-likeness (QED) is 0.603. The van der Waals surface area contributed by atoms with E-state index in [-0.39, 0.29) is 17.1 Å². The Kier molecular flexibility index (Phi) is 6.04. The molecular weight excluding hydrogens is 356 g/mol. The fraction of sp³-hybridized carbons (Fsp3) is 0.182. The van der Waals surface area contributed by atoms with E-state index >= 15 is 0 Å². The predicted octanol–water partition coefficient (Wildman–Crippen LogP) is 5.14. The summed E-state index contributed by atoms with van der Waals surface area (Å²) in [4.78, 5) is 12.4.